The summed E-state index contributed by atoms with van der Waals surface area (Å²) in [6.45, 7) is -1.24. The molecule has 0 aliphatic carbocycles. The zero-order valence-electron chi connectivity index (χ0n) is 17.3. The molecule has 11 atom stereocenters. The Morgan fingerprint density at radius 2 is 1.36 bits per heavy atom. The zero-order valence-corrected chi connectivity index (χ0v) is 17.3. The SMILES string of the molecule is O=C(O)[C@H](O[C@@H]1O[C@@H](CO[C@@H]2O[C@@H](CO)[C@@H](O)[C@H](O)[C@@H]2O)[C@@H](O)[C@H](O)[C@@H]1O)c1ccccc1. The van der Waals surface area contributed by atoms with Crippen molar-refractivity contribution >= 4 is 5.97 Å². The summed E-state index contributed by atoms with van der Waals surface area (Å²) in [6, 6.07) is 7.81. The quantitative estimate of drug-likeness (QED) is 0.183. The second-order valence-corrected chi connectivity index (χ2v) is 7.81. The molecule has 0 spiro atoms. The fraction of sp³-hybridized carbons (Fsp3) is 0.650. The van der Waals surface area contributed by atoms with Crippen LogP contribution in [0.2, 0.25) is 0 Å². The molecule has 0 radical (unpaired) electrons. The summed E-state index contributed by atoms with van der Waals surface area (Å²) in [5, 5.41) is 79.2. The van der Waals surface area contributed by atoms with Gasteiger partial charge in [-0.3, -0.25) is 0 Å². The molecule has 0 aromatic heterocycles. The van der Waals surface area contributed by atoms with Crippen LogP contribution in [0.15, 0.2) is 30.3 Å². The Kier molecular flexibility index (Phi) is 8.71. The number of ether oxygens (including phenoxy) is 4. The van der Waals surface area contributed by atoms with Gasteiger partial charge < -0.3 is 59.8 Å². The van der Waals surface area contributed by atoms with Crippen molar-refractivity contribution in [1.82, 2.24) is 0 Å². The average Bonchev–Trinajstić information content (AvgIpc) is 2.81. The van der Waals surface area contributed by atoms with Crippen molar-refractivity contribution in [3.05, 3.63) is 35.9 Å². The predicted octanol–water partition coefficient (Wildman–Crippen LogP) is -3.55. The monoisotopic (exact) mass is 476 g/mol. The van der Waals surface area contributed by atoms with Crippen molar-refractivity contribution in [2.75, 3.05) is 13.2 Å². The smallest absolute Gasteiger partial charge is 0.337 e. The number of aliphatic hydroxyl groups excluding tert-OH is 7. The Balaban J connectivity index is 1.68. The van der Waals surface area contributed by atoms with Crippen LogP contribution >= 0.6 is 0 Å². The van der Waals surface area contributed by atoms with Gasteiger partial charge in [-0.1, -0.05) is 30.3 Å². The predicted molar refractivity (Wildman–Crippen MR) is 104 cm³/mol. The van der Waals surface area contributed by atoms with Gasteiger partial charge in [0, 0.05) is 0 Å². The summed E-state index contributed by atoms with van der Waals surface area (Å²) in [7, 11) is 0. The molecule has 33 heavy (non-hydrogen) atoms. The normalized spacial score (nSPS) is 40.3. The van der Waals surface area contributed by atoms with E-state index in [1.165, 1.54) is 12.1 Å². The minimum atomic E-state index is -1.80. The van der Waals surface area contributed by atoms with E-state index in [1.54, 1.807) is 18.2 Å². The molecule has 2 saturated heterocycles. The summed E-state index contributed by atoms with van der Waals surface area (Å²) in [4.78, 5) is 11.7. The number of aliphatic carboxylic acids is 1. The maximum Gasteiger partial charge on any atom is 0.337 e. The molecule has 186 valence electrons. The molecule has 2 fully saturated rings. The third-order valence-electron chi connectivity index (χ3n) is 5.54. The van der Waals surface area contributed by atoms with E-state index in [0.717, 1.165) is 0 Å². The number of rotatable bonds is 8. The maximum atomic E-state index is 11.7. The van der Waals surface area contributed by atoms with Crippen LogP contribution in [0.5, 0.6) is 0 Å². The first-order chi connectivity index (χ1) is 15.6. The molecule has 3 rings (SSSR count). The lowest BCUT2D eigenvalue weighted by atomic mass is 9.98. The Hall–Kier alpha value is -1.75. The molecule has 0 saturated carbocycles. The summed E-state index contributed by atoms with van der Waals surface area (Å²) in [5.74, 6) is -1.38. The van der Waals surface area contributed by atoms with E-state index in [4.69, 9.17) is 18.9 Å². The second-order valence-electron chi connectivity index (χ2n) is 7.81. The Bertz CT molecular complexity index is 762. The number of benzene rings is 1. The number of carbonyl (C=O) groups is 1. The Morgan fingerprint density at radius 1 is 0.818 bits per heavy atom. The van der Waals surface area contributed by atoms with E-state index in [9.17, 15) is 45.6 Å². The lowest BCUT2D eigenvalue weighted by Gasteiger charge is -2.43. The van der Waals surface area contributed by atoms with Crippen molar-refractivity contribution in [2.24, 2.45) is 0 Å². The molecule has 13 heteroatoms. The molecule has 1 aromatic carbocycles. The van der Waals surface area contributed by atoms with Crippen LogP contribution in [0.3, 0.4) is 0 Å². The van der Waals surface area contributed by atoms with Crippen LogP contribution in [-0.4, -0.2) is 121 Å². The lowest BCUT2D eigenvalue weighted by Crippen LogP contribution is -2.61. The van der Waals surface area contributed by atoms with E-state index >= 15 is 0 Å². The van der Waals surface area contributed by atoms with Gasteiger partial charge in [-0.2, -0.15) is 0 Å². The second kappa shape index (κ2) is 11.1. The van der Waals surface area contributed by atoms with Gasteiger partial charge in [0.15, 0.2) is 18.7 Å². The van der Waals surface area contributed by atoms with Crippen LogP contribution in [0.4, 0.5) is 0 Å². The molecule has 0 amide bonds. The van der Waals surface area contributed by atoms with Crippen LogP contribution in [0.25, 0.3) is 0 Å². The highest BCUT2D eigenvalue weighted by Crippen LogP contribution is 2.29. The van der Waals surface area contributed by atoms with Crippen LogP contribution in [0.1, 0.15) is 11.7 Å². The number of carboxylic acids is 1. The van der Waals surface area contributed by atoms with Gasteiger partial charge in [0.05, 0.1) is 13.2 Å². The highest BCUT2D eigenvalue weighted by Gasteiger charge is 2.48. The summed E-state index contributed by atoms with van der Waals surface area (Å²) < 4.78 is 21.4. The van der Waals surface area contributed by atoms with E-state index < -0.39 is 86.7 Å². The largest absolute Gasteiger partial charge is 0.479 e. The van der Waals surface area contributed by atoms with Crippen molar-refractivity contribution in [3.63, 3.8) is 0 Å². The number of hydrogen-bond donors (Lipinski definition) is 8. The van der Waals surface area contributed by atoms with Gasteiger partial charge in [0.25, 0.3) is 0 Å². The molecular weight excluding hydrogens is 448 g/mol. The first-order valence-corrected chi connectivity index (χ1v) is 10.2. The van der Waals surface area contributed by atoms with E-state index in [2.05, 4.69) is 0 Å². The minimum Gasteiger partial charge on any atom is -0.479 e. The number of aliphatic hydroxyl groups is 7. The van der Waals surface area contributed by atoms with Crippen LogP contribution in [-0.2, 0) is 23.7 Å². The first-order valence-electron chi connectivity index (χ1n) is 10.2. The highest BCUT2D eigenvalue weighted by atomic mass is 16.7. The molecule has 2 aliphatic heterocycles. The average molecular weight is 476 g/mol. The van der Waals surface area contributed by atoms with Crippen LogP contribution in [0, 0.1) is 0 Å². The Morgan fingerprint density at radius 3 is 1.94 bits per heavy atom. The van der Waals surface area contributed by atoms with E-state index in [1.807, 2.05) is 0 Å². The van der Waals surface area contributed by atoms with Gasteiger partial charge >= 0.3 is 5.97 Å². The third-order valence-corrected chi connectivity index (χ3v) is 5.54. The summed E-state index contributed by atoms with van der Waals surface area (Å²) in [6.07, 6.45) is -17.6. The molecule has 0 unspecified atom stereocenters. The number of carboxylic acid groups (broad SMARTS) is 1. The molecule has 13 nitrogen and oxygen atoms in total. The summed E-state index contributed by atoms with van der Waals surface area (Å²) in [5.41, 5.74) is 0.246. The Labute approximate surface area is 187 Å². The van der Waals surface area contributed by atoms with E-state index in [-0.39, 0.29) is 5.56 Å². The molecule has 2 heterocycles. The zero-order chi connectivity index (χ0) is 24.3. The van der Waals surface area contributed by atoms with Gasteiger partial charge in [0.1, 0.15) is 48.8 Å². The van der Waals surface area contributed by atoms with Crippen molar-refractivity contribution in [1.29, 1.82) is 0 Å². The highest BCUT2D eigenvalue weighted by molar-refractivity contribution is 5.74. The molecule has 8 N–H and O–H groups in total. The molecular formula is C20H28O13. The fourth-order valence-electron chi connectivity index (χ4n) is 3.60. The molecule has 1 aromatic rings. The molecule has 0 bridgehead atoms. The van der Waals surface area contributed by atoms with E-state index in [0.29, 0.717) is 0 Å². The van der Waals surface area contributed by atoms with Gasteiger partial charge in [-0.25, -0.2) is 4.79 Å². The van der Waals surface area contributed by atoms with Gasteiger partial charge in [0.2, 0.25) is 0 Å². The first kappa shape index (κ1) is 25.9. The lowest BCUT2D eigenvalue weighted by molar-refractivity contribution is -0.335. The summed E-state index contributed by atoms with van der Waals surface area (Å²) >= 11 is 0. The van der Waals surface area contributed by atoms with Crippen molar-refractivity contribution in [2.45, 2.75) is 67.5 Å². The number of hydrogen-bond acceptors (Lipinski definition) is 12. The molecule has 2 aliphatic rings. The standard InChI is InChI=1S/C20H28O13/c21-6-9-11(22)13(24)15(26)19(31-9)30-7-10-12(23)14(25)16(27)20(32-10)33-17(18(28)29)8-4-2-1-3-5-8/h1-5,9-17,19-27H,6-7H2,(H,28,29)/t9-,10-,11+,12+,13-,14-,15-,16-,17+,19+,20-/m0/s1. The topological polar surface area (TPSA) is 216 Å². The maximum absolute atomic E-state index is 11.7. The van der Waals surface area contributed by atoms with Gasteiger partial charge in [-0.15, -0.1) is 0 Å². The van der Waals surface area contributed by atoms with Crippen molar-refractivity contribution in [3.8, 4) is 0 Å². The third kappa shape index (κ3) is 5.67. The fourth-order valence-corrected chi connectivity index (χ4v) is 3.60. The van der Waals surface area contributed by atoms with Crippen molar-refractivity contribution < 1.29 is 64.6 Å². The minimum absolute atomic E-state index is 0.246. The van der Waals surface area contributed by atoms with Crippen LogP contribution < -0.4 is 0 Å². The van der Waals surface area contributed by atoms with Gasteiger partial charge in [-0.05, 0) is 5.56 Å².